The number of carboxylic acids is 1. The summed E-state index contributed by atoms with van der Waals surface area (Å²) in [5, 5.41) is 22.4. The van der Waals surface area contributed by atoms with Crippen LogP contribution in [0.3, 0.4) is 0 Å². The molecule has 7 nitrogen and oxygen atoms in total. The fourth-order valence-electron chi connectivity index (χ4n) is 1.79. The van der Waals surface area contributed by atoms with Crippen molar-refractivity contribution < 1.29 is 19.6 Å². The zero-order chi connectivity index (χ0) is 17.1. The molecule has 1 amide bonds. The lowest BCUT2D eigenvalue weighted by Gasteiger charge is -2.10. The Balaban J connectivity index is 2.39. The Kier molecular flexibility index (Phi) is 4.83. The molecule has 9 heteroatoms. The maximum absolute atomic E-state index is 12.2. The number of carbonyl (C=O) groups is 2. The van der Waals surface area contributed by atoms with E-state index in [0.717, 1.165) is 12.1 Å². The van der Waals surface area contributed by atoms with Gasteiger partial charge < -0.3 is 10.4 Å². The van der Waals surface area contributed by atoms with E-state index < -0.39 is 16.8 Å². The molecule has 0 radical (unpaired) electrons. The van der Waals surface area contributed by atoms with Crippen LogP contribution in [-0.2, 0) is 0 Å². The van der Waals surface area contributed by atoms with E-state index in [1.807, 2.05) is 0 Å². The van der Waals surface area contributed by atoms with Gasteiger partial charge in [0.05, 0.1) is 26.8 Å². The molecule has 0 bridgehead atoms. The van der Waals surface area contributed by atoms with Gasteiger partial charge in [0, 0.05) is 17.2 Å². The first-order valence-corrected chi connectivity index (χ1v) is 6.83. The van der Waals surface area contributed by atoms with Crippen LogP contribution in [0.1, 0.15) is 20.7 Å². The standard InChI is InChI=1S/C14H8Cl2N2O5/c15-7-1-4-12(10(5-7)14(20)21)17-13(19)9-6-8(18(22)23)2-3-11(9)16/h1-6H,(H,17,19)(H,20,21). The van der Waals surface area contributed by atoms with Crippen LogP contribution in [0.25, 0.3) is 0 Å². The summed E-state index contributed by atoms with van der Waals surface area (Å²) in [6.07, 6.45) is 0. The zero-order valence-corrected chi connectivity index (χ0v) is 12.8. The van der Waals surface area contributed by atoms with Crippen molar-refractivity contribution in [3.8, 4) is 0 Å². The third-order valence-corrected chi connectivity index (χ3v) is 3.43. The molecule has 2 aromatic rings. The summed E-state index contributed by atoms with van der Waals surface area (Å²) in [4.78, 5) is 33.5. The largest absolute Gasteiger partial charge is 0.478 e. The van der Waals surface area contributed by atoms with Crippen molar-refractivity contribution in [1.29, 1.82) is 0 Å². The fraction of sp³-hybridized carbons (Fsp3) is 0. The van der Waals surface area contributed by atoms with Gasteiger partial charge in [-0.25, -0.2) is 4.79 Å². The molecule has 2 N–H and O–H groups in total. The third-order valence-electron chi connectivity index (χ3n) is 2.87. The average molecular weight is 355 g/mol. The molecule has 23 heavy (non-hydrogen) atoms. The molecule has 2 rings (SSSR count). The molecule has 0 saturated carbocycles. The molecule has 0 unspecified atom stereocenters. The molecule has 0 aliphatic carbocycles. The molecule has 0 heterocycles. The first kappa shape index (κ1) is 16.7. The molecular weight excluding hydrogens is 347 g/mol. The van der Waals surface area contributed by atoms with Crippen molar-refractivity contribution in [2.75, 3.05) is 5.32 Å². The predicted molar refractivity (Wildman–Crippen MR) is 84.5 cm³/mol. The van der Waals surface area contributed by atoms with Crippen LogP contribution >= 0.6 is 23.2 Å². The fourth-order valence-corrected chi connectivity index (χ4v) is 2.17. The van der Waals surface area contributed by atoms with Crippen LogP contribution in [0.15, 0.2) is 36.4 Å². The third kappa shape index (κ3) is 3.77. The highest BCUT2D eigenvalue weighted by Gasteiger charge is 2.18. The molecular formula is C14H8Cl2N2O5. The summed E-state index contributed by atoms with van der Waals surface area (Å²) < 4.78 is 0. The van der Waals surface area contributed by atoms with E-state index in [9.17, 15) is 19.7 Å². The van der Waals surface area contributed by atoms with Gasteiger partial charge in [-0.05, 0) is 24.3 Å². The summed E-state index contributed by atoms with van der Waals surface area (Å²) >= 11 is 11.6. The Morgan fingerprint density at radius 3 is 2.39 bits per heavy atom. The minimum absolute atomic E-state index is 0.000983. The summed E-state index contributed by atoms with van der Waals surface area (Å²) in [7, 11) is 0. The van der Waals surface area contributed by atoms with Gasteiger partial charge in [-0.3, -0.25) is 14.9 Å². The summed E-state index contributed by atoms with van der Waals surface area (Å²) in [6.45, 7) is 0. The van der Waals surface area contributed by atoms with E-state index in [1.54, 1.807) is 0 Å². The Morgan fingerprint density at radius 2 is 1.78 bits per heavy atom. The number of hydrogen-bond acceptors (Lipinski definition) is 4. The van der Waals surface area contributed by atoms with E-state index in [1.165, 1.54) is 24.3 Å². The van der Waals surface area contributed by atoms with Crippen LogP contribution in [-0.4, -0.2) is 21.9 Å². The number of carbonyl (C=O) groups excluding carboxylic acids is 1. The number of aromatic carboxylic acids is 1. The second-order valence-electron chi connectivity index (χ2n) is 4.37. The molecule has 0 atom stereocenters. The molecule has 0 aromatic heterocycles. The number of non-ortho nitro benzene ring substituents is 1. The van der Waals surface area contributed by atoms with Crippen molar-refractivity contribution >= 4 is 46.5 Å². The first-order chi connectivity index (χ1) is 10.8. The van der Waals surface area contributed by atoms with Crippen LogP contribution in [0.5, 0.6) is 0 Å². The number of nitrogens with one attached hydrogen (secondary N) is 1. The molecule has 118 valence electrons. The lowest BCUT2D eigenvalue weighted by atomic mass is 10.1. The van der Waals surface area contributed by atoms with Crippen LogP contribution in [0, 0.1) is 10.1 Å². The Labute approximate surface area is 139 Å². The SMILES string of the molecule is O=C(Nc1ccc(Cl)cc1C(=O)O)c1cc([N+](=O)[O-])ccc1Cl. The van der Waals surface area contributed by atoms with E-state index in [-0.39, 0.29) is 32.5 Å². The van der Waals surface area contributed by atoms with Crippen molar-refractivity contribution in [3.63, 3.8) is 0 Å². The molecule has 0 aliphatic heterocycles. The van der Waals surface area contributed by atoms with Gasteiger partial charge in [0.2, 0.25) is 0 Å². The summed E-state index contributed by atoms with van der Waals surface area (Å²) in [5.41, 5.74) is -0.678. The highest BCUT2D eigenvalue weighted by atomic mass is 35.5. The number of nitro benzene ring substituents is 1. The predicted octanol–water partition coefficient (Wildman–Crippen LogP) is 3.85. The Morgan fingerprint density at radius 1 is 1.09 bits per heavy atom. The molecule has 0 saturated heterocycles. The second-order valence-corrected chi connectivity index (χ2v) is 5.21. The van der Waals surface area contributed by atoms with Crippen LogP contribution < -0.4 is 5.32 Å². The number of rotatable bonds is 4. The van der Waals surface area contributed by atoms with Gasteiger partial charge in [0.25, 0.3) is 11.6 Å². The van der Waals surface area contributed by atoms with Crippen molar-refractivity contribution in [1.82, 2.24) is 0 Å². The van der Waals surface area contributed by atoms with E-state index in [4.69, 9.17) is 28.3 Å². The molecule has 0 spiro atoms. The van der Waals surface area contributed by atoms with E-state index in [2.05, 4.69) is 5.32 Å². The Hall–Kier alpha value is -2.64. The number of amides is 1. The monoisotopic (exact) mass is 354 g/mol. The number of anilines is 1. The average Bonchev–Trinajstić information content (AvgIpc) is 2.48. The van der Waals surface area contributed by atoms with Crippen molar-refractivity contribution in [2.45, 2.75) is 0 Å². The minimum atomic E-state index is -1.28. The van der Waals surface area contributed by atoms with Crippen molar-refractivity contribution in [3.05, 3.63) is 67.7 Å². The lowest BCUT2D eigenvalue weighted by Crippen LogP contribution is -2.15. The lowest BCUT2D eigenvalue weighted by molar-refractivity contribution is -0.384. The molecule has 2 aromatic carbocycles. The number of halogens is 2. The number of carboxylic acid groups (broad SMARTS) is 1. The van der Waals surface area contributed by atoms with Gasteiger partial charge >= 0.3 is 5.97 Å². The van der Waals surface area contributed by atoms with Crippen LogP contribution in [0.4, 0.5) is 11.4 Å². The smallest absolute Gasteiger partial charge is 0.337 e. The van der Waals surface area contributed by atoms with Gasteiger partial charge in [-0.2, -0.15) is 0 Å². The van der Waals surface area contributed by atoms with Crippen LogP contribution in [0.2, 0.25) is 10.0 Å². The van der Waals surface area contributed by atoms with Gasteiger partial charge in [-0.1, -0.05) is 23.2 Å². The molecule has 0 aliphatic rings. The quantitative estimate of drug-likeness (QED) is 0.639. The normalized spacial score (nSPS) is 10.2. The van der Waals surface area contributed by atoms with Crippen molar-refractivity contribution in [2.24, 2.45) is 0 Å². The first-order valence-electron chi connectivity index (χ1n) is 6.07. The second kappa shape index (κ2) is 6.64. The van der Waals surface area contributed by atoms with E-state index in [0.29, 0.717) is 0 Å². The number of benzene rings is 2. The van der Waals surface area contributed by atoms with Gasteiger partial charge in [0.1, 0.15) is 0 Å². The highest BCUT2D eigenvalue weighted by molar-refractivity contribution is 6.34. The summed E-state index contributed by atoms with van der Waals surface area (Å²) in [5.74, 6) is -2.06. The van der Waals surface area contributed by atoms with Gasteiger partial charge in [0.15, 0.2) is 0 Å². The minimum Gasteiger partial charge on any atom is -0.478 e. The van der Waals surface area contributed by atoms with Gasteiger partial charge in [-0.15, -0.1) is 0 Å². The zero-order valence-electron chi connectivity index (χ0n) is 11.2. The number of nitro groups is 1. The summed E-state index contributed by atoms with van der Waals surface area (Å²) in [6, 6.07) is 7.27. The topological polar surface area (TPSA) is 110 Å². The number of hydrogen-bond donors (Lipinski definition) is 2. The number of nitrogens with zero attached hydrogens (tertiary/aromatic N) is 1. The maximum atomic E-state index is 12.2. The highest BCUT2D eigenvalue weighted by Crippen LogP contribution is 2.25. The Bertz CT molecular complexity index is 823. The molecule has 0 fully saturated rings. The maximum Gasteiger partial charge on any atom is 0.337 e. The van der Waals surface area contributed by atoms with E-state index >= 15 is 0 Å².